The number of aromatic nitrogens is 3. The van der Waals surface area contributed by atoms with Gasteiger partial charge in [0.2, 0.25) is 0 Å². The first-order valence-electron chi connectivity index (χ1n) is 21.1. The summed E-state index contributed by atoms with van der Waals surface area (Å²) in [6.07, 6.45) is 0. The summed E-state index contributed by atoms with van der Waals surface area (Å²) in [5.41, 5.74) is 14.6. The Kier molecular flexibility index (Phi) is 5.87. The van der Waals surface area contributed by atoms with Crippen LogP contribution in [-0.2, 0) is 0 Å². The first-order chi connectivity index (χ1) is 30.3. The molecule has 5 heterocycles. The van der Waals surface area contributed by atoms with Crippen LogP contribution in [0.3, 0.4) is 0 Å². The highest BCUT2D eigenvalue weighted by atomic mass is 15.5. The number of fused-ring (bicyclic) bond motifs is 18. The Hall–Kier alpha value is -8.21. The summed E-state index contributed by atoms with van der Waals surface area (Å²) in [5, 5.41) is 15.2. The lowest BCUT2D eigenvalue weighted by molar-refractivity contribution is 0.685. The normalized spacial score (nSPS) is 13.2. The summed E-state index contributed by atoms with van der Waals surface area (Å²) in [6.45, 7) is 0. The van der Waals surface area contributed by atoms with Crippen molar-refractivity contribution in [3.8, 4) is 5.69 Å². The molecule has 0 saturated carbocycles. The summed E-state index contributed by atoms with van der Waals surface area (Å²) >= 11 is 0. The minimum absolute atomic E-state index is 1.16. The molecule has 4 aromatic heterocycles. The molecule has 1 aliphatic rings. The van der Waals surface area contributed by atoms with E-state index in [1.165, 1.54) is 126 Å². The van der Waals surface area contributed by atoms with Gasteiger partial charge in [0.05, 0.1) is 33.1 Å². The Bertz CT molecular complexity index is 4270. The number of benzene rings is 10. The quantitative estimate of drug-likeness (QED) is 0.159. The number of hydrogen-bond donors (Lipinski definition) is 0. The van der Waals surface area contributed by atoms with Gasteiger partial charge in [-0.15, -0.1) is 4.68 Å². The average Bonchev–Trinajstić information content (AvgIpc) is 4.04. The average molecular weight is 774 g/mol. The van der Waals surface area contributed by atoms with E-state index >= 15 is 0 Å². The van der Waals surface area contributed by atoms with Gasteiger partial charge in [-0.1, -0.05) is 144 Å². The van der Waals surface area contributed by atoms with Gasteiger partial charge in [0, 0.05) is 54.8 Å². The monoisotopic (exact) mass is 773 g/mol. The third-order valence-electron chi connectivity index (χ3n) is 13.7. The third kappa shape index (κ3) is 3.84. The Balaban J connectivity index is 1.18. The summed E-state index contributed by atoms with van der Waals surface area (Å²) in [4.78, 5) is 0. The van der Waals surface area contributed by atoms with E-state index in [0.717, 1.165) is 5.69 Å². The van der Waals surface area contributed by atoms with Crippen LogP contribution < -0.4 is 4.68 Å². The first kappa shape index (κ1) is 31.7. The number of para-hydroxylation sites is 5. The maximum Gasteiger partial charge on any atom is 0.258 e. The standard InChI is InChI=1S/C57H33N4/c1-2-18-36(19-3-1)58-46-28-11-8-22-40(46)51-43(27-15-31-49(51)58)55-42-24-10-13-30-48(42)60(55)61-47-29-12-9-23-41(47)52-37-20-6-7-21-38(37)53-44-26-14-25-39-45-32-34-16-4-5-17-35(34)33-50(45)59(54(39)44)56(53)57(52)61/h1-33H/q+1. The van der Waals surface area contributed by atoms with Crippen LogP contribution in [0.4, 0.5) is 5.69 Å². The molecule has 0 bridgehead atoms. The molecule has 0 aliphatic carbocycles. The highest BCUT2D eigenvalue weighted by molar-refractivity contribution is 6.39. The van der Waals surface area contributed by atoms with E-state index in [2.05, 4.69) is 219 Å². The third-order valence-corrected chi connectivity index (χ3v) is 13.7. The van der Waals surface area contributed by atoms with Crippen molar-refractivity contribution in [3.63, 3.8) is 0 Å². The molecule has 0 fully saturated rings. The zero-order chi connectivity index (χ0) is 39.5. The van der Waals surface area contributed by atoms with Crippen LogP contribution in [0.2, 0.25) is 0 Å². The molecule has 10 aromatic carbocycles. The fourth-order valence-corrected chi connectivity index (χ4v) is 11.3. The van der Waals surface area contributed by atoms with Crippen molar-refractivity contribution in [1.29, 1.82) is 0 Å². The fraction of sp³-hybridized carbons (Fsp3) is 0. The topological polar surface area (TPSA) is 17.3 Å². The minimum Gasteiger partial charge on any atom is -0.309 e. The van der Waals surface area contributed by atoms with Gasteiger partial charge >= 0.3 is 0 Å². The molecule has 0 amide bonds. The molecule has 14 aromatic rings. The molecule has 0 radical (unpaired) electrons. The van der Waals surface area contributed by atoms with Crippen LogP contribution in [0, 0.1) is 0 Å². The van der Waals surface area contributed by atoms with E-state index in [1.807, 2.05) is 0 Å². The maximum absolute atomic E-state index is 2.60. The number of rotatable bonds is 3. The molecule has 0 spiro atoms. The minimum atomic E-state index is 1.16. The van der Waals surface area contributed by atoms with Gasteiger partial charge in [-0.25, -0.2) is 0 Å². The van der Waals surface area contributed by atoms with Crippen LogP contribution in [0.15, 0.2) is 200 Å². The van der Waals surface area contributed by atoms with E-state index in [4.69, 9.17) is 0 Å². The molecular formula is C57H33N4+. The van der Waals surface area contributed by atoms with Crippen LogP contribution in [0.1, 0.15) is 11.1 Å². The van der Waals surface area contributed by atoms with Crippen molar-refractivity contribution in [2.45, 2.75) is 0 Å². The lowest BCUT2D eigenvalue weighted by atomic mass is 9.92. The van der Waals surface area contributed by atoms with E-state index in [0.29, 0.717) is 0 Å². The fourth-order valence-electron chi connectivity index (χ4n) is 11.3. The van der Waals surface area contributed by atoms with Crippen LogP contribution >= 0.6 is 0 Å². The molecule has 4 heteroatoms. The van der Waals surface area contributed by atoms with Gasteiger partial charge in [-0.2, -0.15) is 0 Å². The van der Waals surface area contributed by atoms with E-state index < -0.39 is 0 Å². The molecule has 4 nitrogen and oxygen atoms in total. The summed E-state index contributed by atoms with van der Waals surface area (Å²) in [5.74, 6) is 0. The second-order valence-electron chi connectivity index (χ2n) is 16.6. The van der Waals surface area contributed by atoms with Crippen molar-refractivity contribution in [2.24, 2.45) is 0 Å². The van der Waals surface area contributed by atoms with Crippen molar-refractivity contribution < 1.29 is 0 Å². The molecule has 1 aliphatic heterocycles. The smallest absolute Gasteiger partial charge is 0.258 e. The van der Waals surface area contributed by atoms with E-state index in [-0.39, 0.29) is 0 Å². The Morgan fingerprint density at radius 1 is 0.328 bits per heavy atom. The lowest BCUT2D eigenvalue weighted by Crippen LogP contribution is -2.37. The Morgan fingerprint density at radius 3 is 1.72 bits per heavy atom. The molecule has 0 unspecified atom stereocenters. The lowest BCUT2D eigenvalue weighted by Gasteiger charge is -2.21. The van der Waals surface area contributed by atoms with Gasteiger partial charge in [-0.05, 0) is 76.1 Å². The Labute approximate surface area is 348 Å². The van der Waals surface area contributed by atoms with Gasteiger partial charge in [0.1, 0.15) is 16.6 Å². The van der Waals surface area contributed by atoms with Gasteiger partial charge in [0.25, 0.3) is 11.4 Å². The number of nitrogens with zero attached hydrogens (tertiary/aromatic N) is 4. The highest BCUT2D eigenvalue weighted by Crippen LogP contribution is 2.49. The second kappa shape index (κ2) is 11.3. The van der Waals surface area contributed by atoms with E-state index in [1.54, 1.807) is 0 Å². The van der Waals surface area contributed by atoms with Gasteiger partial charge in [0.15, 0.2) is 0 Å². The predicted octanol–water partition coefficient (Wildman–Crippen LogP) is 14.2. The molecule has 0 atom stereocenters. The Morgan fingerprint density at radius 2 is 0.902 bits per heavy atom. The van der Waals surface area contributed by atoms with Gasteiger partial charge in [-0.3, -0.25) is 0 Å². The van der Waals surface area contributed by atoms with Gasteiger partial charge < -0.3 is 8.97 Å². The van der Waals surface area contributed by atoms with Crippen LogP contribution in [0.5, 0.6) is 0 Å². The molecule has 15 rings (SSSR count). The zero-order valence-corrected chi connectivity index (χ0v) is 32.8. The molecule has 61 heavy (non-hydrogen) atoms. The summed E-state index contributed by atoms with van der Waals surface area (Å²) < 4.78 is 10.1. The largest absolute Gasteiger partial charge is 0.309 e. The van der Waals surface area contributed by atoms with Crippen molar-refractivity contribution in [2.75, 3.05) is 0 Å². The highest BCUT2D eigenvalue weighted by Gasteiger charge is 2.43. The molecular weight excluding hydrogens is 741 g/mol. The van der Waals surface area contributed by atoms with Crippen LogP contribution in [0.25, 0.3) is 109 Å². The number of hydrogen-bond acceptors (Lipinski definition) is 0. The predicted molar refractivity (Wildman–Crippen MR) is 257 cm³/mol. The SMILES string of the molecule is c1ccc(-n2c3ccccc3c3c(C4=[N+](n5c6ccccc6c6c7ccccc7c7c8cccc9c%10cc%11ccccc%11cc%10n(c98)c7c65)c5ccccc54)cccc32)cc1. The molecule has 0 saturated heterocycles. The molecule has 280 valence electrons. The first-order valence-corrected chi connectivity index (χ1v) is 21.1. The summed E-state index contributed by atoms with van der Waals surface area (Å²) in [7, 11) is 0. The second-order valence-corrected chi connectivity index (χ2v) is 16.6. The van der Waals surface area contributed by atoms with E-state index in [9.17, 15) is 0 Å². The maximum atomic E-state index is 2.60. The van der Waals surface area contributed by atoms with Crippen molar-refractivity contribution >= 4 is 115 Å². The summed E-state index contributed by atoms with van der Waals surface area (Å²) in [6, 6.07) is 74.1. The zero-order valence-electron chi connectivity index (χ0n) is 32.8. The van der Waals surface area contributed by atoms with Crippen molar-refractivity contribution in [1.82, 2.24) is 18.3 Å². The molecule has 0 N–H and O–H groups in total. The van der Waals surface area contributed by atoms with Crippen molar-refractivity contribution in [3.05, 3.63) is 211 Å². The van der Waals surface area contributed by atoms with Crippen LogP contribution in [-0.4, -0.2) is 19.4 Å².